The molecule has 0 aliphatic heterocycles. The van der Waals surface area contributed by atoms with Crippen molar-refractivity contribution in [3.05, 3.63) is 12.2 Å². The fourth-order valence-electron chi connectivity index (χ4n) is 2.99. The van der Waals surface area contributed by atoms with E-state index in [0.29, 0.717) is 0 Å². The first kappa shape index (κ1) is 45.8. The maximum absolute atomic E-state index is 14.7. The number of carbonyl (C=O) groups excluding carboxylic acids is 1. The standard InChI is InChI=1S/C18H5F27O4/c1-3(2-4(46)47)5(48)49-6(16(37,38)39,8(21,22)17(40,41)42)7(19,20)9(23,24)10(25,26)11(27,28)12(29,30)13(31,32)14(33,34)15(35,36)18(43,44)45/h1-2H2,(H,46,47). The number of hydrogen-bond acceptors (Lipinski definition) is 3. The van der Waals surface area contributed by atoms with E-state index in [1.165, 1.54) is 0 Å². The van der Waals surface area contributed by atoms with E-state index in [-0.39, 0.29) is 0 Å². The van der Waals surface area contributed by atoms with Gasteiger partial charge in [0, 0.05) is 5.57 Å². The van der Waals surface area contributed by atoms with Crippen LogP contribution in [0.2, 0.25) is 0 Å². The minimum Gasteiger partial charge on any atom is -0.481 e. The fraction of sp³-hybridized carbons (Fsp3) is 0.778. The summed E-state index contributed by atoms with van der Waals surface area (Å²) in [5.74, 6) is -93.5. The van der Waals surface area contributed by atoms with Gasteiger partial charge >= 0.3 is 89.4 Å². The zero-order valence-corrected chi connectivity index (χ0v) is 21.3. The quantitative estimate of drug-likeness (QED) is 0.115. The molecule has 290 valence electrons. The van der Waals surface area contributed by atoms with Crippen LogP contribution in [-0.2, 0) is 14.3 Å². The average molecular weight is 798 g/mol. The third-order valence-electron chi connectivity index (χ3n) is 5.66. The number of ether oxygens (including phenoxy) is 1. The van der Waals surface area contributed by atoms with E-state index in [0.717, 1.165) is 0 Å². The molecule has 0 aliphatic rings. The lowest BCUT2D eigenvalue weighted by molar-refractivity contribution is -0.499. The smallest absolute Gasteiger partial charge is 0.460 e. The van der Waals surface area contributed by atoms with Gasteiger partial charge < -0.3 is 9.84 Å². The molecule has 0 saturated carbocycles. The van der Waals surface area contributed by atoms with Gasteiger partial charge in [0.15, 0.2) is 0 Å². The first-order valence-electron chi connectivity index (χ1n) is 10.5. The number of halogens is 27. The number of aliphatic carboxylic acids is 1. The van der Waals surface area contributed by atoms with Crippen LogP contribution in [-0.4, -0.2) is 94.5 Å². The summed E-state index contributed by atoms with van der Waals surface area (Å²) in [7, 11) is 0. The summed E-state index contributed by atoms with van der Waals surface area (Å²) in [5.41, 5.74) is -11.9. The Balaban J connectivity index is 8.24. The van der Waals surface area contributed by atoms with Crippen molar-refractivity contribution in [1.29, 1.82) is 0 Å². The Morgan fingerprint density at radius 3 is 0.878 bits per heavy atom. The normalized spacial score (nSPS) is 17.0. The van der Waals surface area contributed by atoms with Crippen molar-refractivity contribution in [2.45, 2.75) is 83.9 Å². The summed E-state index contributed by atoms with van der Waals surface area (Å²) in [4.78, 5) is 22.0. The number of carboxylic acids is 1. The molecule has 0 saturated heterocycles. The third kappa shape index (κ3) is 5.91. The van der Waals surface area contributed by atoms with Crippen LogP contribution < -0.4 is 0 Å². The summed E-state index contributed by atoms with van der Waals surface area (Å²) < 4.78 is 367. The SMILES string of the molecule is C=C(CC(=O)O)C(=O)OC(C(F)(F)F)(C(F)(F)C(F)(F)F)C(F)(F)C(F)(F)C(F)(F)C(F)(F)C(F)(F)C(F)(F)C(F)(F)C(F)(F)C(F)(F)F. The number of rotatable bonds is 13. The van der Waals surface area contributed by atoms with Crippen LogP contribution in [0.3, 0.4) is 0 Å². The lowest BCUT2D eigenvalue weighted by atomic mass is 9.78. The lowest BCUT2D eigenvalue weighted by Crippen LogP contribution is -2.83. The first-order chi connectivity index (χ1) is 20.7. The van der Waals surface area contributed by atoms with Crippen LogP contribution >= 0.6 is 0 Å². The van der Waals surface area contributed by atoms with E-state index in [2.05, 4.69) is 0 Å². The van der Waals surface area contributed by atoms with Gasteiger partial charge in [-0.3, -0.25) is 4.79 Å². The molecule has 0 aromatic heterocycles. The Labute approximate surface area is 247 Å². The van der Waals surface area contributed by atoms with Crippen LogP contribution in [0.4, 0.5) is 119 Å². The van der Waals surface area contributed by atoms with Crippen LogP contribution in [0.5, 0.6) is 0 Å². The molecule has 1 N–H and O–H groups in total. The van der Waals surface area contributed by atoms with Crippen molar-refractivity contribution in [3.8, 4) is 0 Å². The van der Waals surface area contributed by atoms with Gasteiger partial charge in [0.05, 0.1) is 6.42 Å². The average Bonchev–Trinajstić information content (AvgIpc) is 2.83. The van der Waals surface area contributed by atoms with Crippen LogP contribution in [0.1, 0.15) is 6.42 Å². The van der Waals surface area contributed by atoms with Crippen molar-refractivity contribution in [3.63, 3.8) is 0 Å². The molecule has 0 amide bonds. The Kier molecular flexibility index (Phi) is 10.9. The molecule has 0 aromatic carbocycles. The molecule has 1 atom stereocenters. The summed E-state index contributed by atoms with van der Waals surface area (Å²) in [5, 5.41) is 8.29. The highest BCUT2D eigenvalue weighted by Gasteiger charge is 3.02. The number of alkyl halides is 27. The monoisotopic (exact) mass is 798 g/mol. The molecule has 0 bridgehead atoms. The largest absolute Gasteiger partial charge is 0.481 e. The van der Waals surface area contributed by atoms with Gasteiger partial charge in [0.2, 0.25) is 0 Å². The summed E-state index contributed by atoms with van der Waals surface area (Å²) >= 11 is 0. The van der Waals surface area contributed by atoms with Crippen LogP contribution in [0.25, 0.3) is 0 Å². The highest BCUT2D eigenvalue weighted by atomic mass is 19.4. The van der Waals surface area contributed by atoms with Gasteiger partial charge in [-0.2, -0.15) is 119 Å². The van der Waals surface area contributed by atoms with Crippen LogP contribution in [0, 0.1) is 0 Å². The maximum atomic E-state index is 14.7. The van der Waals surface area contributed by atoms with E-state index in [9.17, 15) is 128 Å². The van der Waals surface area contributed by atoms with E-state index in [1.54, 1.807) is 0 Å². The Hall–Kier alpha value is -3.21. The zero-order chi connectivity index (χ0) is 40.6. The third-order valence-corrected chi connectivity index (χ3v) is 5.66. The number of carbonyl (C=O) groups is 2. The predicted molar refractivity (Wildman–Crippen MR) is 92.9 cm³/mol. The van der Waals surface area contributed by atoms with Gasteiger partial charge in [0.1, 0.15) is 0 Å². The van der Waals surface area contributed by atoms with Gasteiger partial charge in [-0.25, -0.2) is 4.79 Å². The second-order valence-electron chi connectivity index (χ2n) is 8.91. The molecule has 4 nitrogen and oxygen atoms in total. The molecule has 0 aromatic rings. The van der Waals surface area contributed by atoms with Crippen molar-refractivity contribution in [2.24, 2.45) is 0 Å². The lowest BCUT2D eigenvalue weighted by Gasteiger charge is -2.49. The number of carboxylic acid groups (broad SMARTS) is 1. The Morgan fingerprint density at radius 1 is 0.408 bits per heavy atom. The van der Waals surface area contributed by atoms with E-state index < -0.39 is 101 Å². The highest BCUT2D eigenvalue weighted by molar-refractivity contribution is 5.93. The van der Waals surface area contributed by atoms with Gasteiger partial charge in [0.25, 0.3) is 0 Å². The molecule has 0 radical (unpaired) electrons. The molecule has 0 heterocycles. The molecule has 0 rings (SSSR count). The van der Waals surface area contributed by atoms with E-state index >= 15 is 0 Å². The topological polar surface area (TPSA) is 63.6 Å². The molecule has 31 heteroatoms. The van der Waals surface area contributed by atoms with Crippen LogP contribution in [0.15, 0.2) is 12.2 Å². The van der Waals surface area contributed by atoms with Crippen molar-refractivity contribution >= 4 is 11.9 Å². The minimum atomic E-state index is -10.0. The Bertz CT molecular complexity index is 1280. The number of esters is 1. The van der Waals surface area contributed by atoms with Crippen molar-refractivity contribution in [2.75, 3.05) is 0 Å². The van der Waals surface area contributed by atoms with Gasteiger partial charge in [-0.05, 0) is 0 Å². The van der Waals surface area contributed by atoms with Gasteiger partial charge in [-0.15, -0.1) is 0 Å². The minimum absolute atomic E-state index is 1.91. The highest BCUT2D eigenvalue weighted by Crippen LogP contribution is 2.69. The van der Waals surface area contributed by atoms with E-state index in [1.807, 2.05) is 11.3 Å². The summed E-state index contributed by atoms with van der Waals surface area (Å²) in [6, 6.07) is 0. The number of hydrogen-bond donors (Lipinski definition) is 1. The first-order valence-corrected chi connectivity index (χ1v) is 10.5. The zero-order valence-electron chi connectivity index (χ0n) is 21.3. The van der Waals surface area contributed by atoms with Gasteiger partial charge in [-0.1, -0.05) is 6.58 Å². The molecular formula is C18H5F27O4. The Morgan fingerprint density at radius 2 is 0.653 bits per heavy atom. The van der Waals surface area contributed by atoms with Crippen molar-refractivity contribution < 1.29 is 138 Å². The molecular weight excluding hydrogens is 793 g/mol. The summed E-state index contributed by atoms with van der Waals surface area (Å²) in [6.07, 6.45) is -28.4. The molecule has 1 unspecified atom stereocenters. The second kappa shape index (κ2) is 11.7. The van der Waals surface area contributed by atoms with E-state index in [4.69, 9.17) is 5.11 Å². The summed E-state index contributed by atoms with van der Waals surface area (Å²) in [6.45, 7) is 1.91. The second-order valence-corrected chi connectivity index (χ2v) is 8.91. The van der Waals surface area contributed by atoms with Crippen molar-refractivity contribution in [1.82, 2.24) is 0 Å². The maximum Gasteiger partial charge on any atom is 0.460 e. The molecule has 0 spiro atoms. The fourth-order valence-corrected chi connectivity index (χ4v) is 2.99. The predicted octanol–water partition coefficient (Wildman–Crippen LogP) is 8.70. The molecule has 49 heavy (non-hydrogen) atoms. The molecule has 0 fully saturated rings. The molecule has 0 aliphatic carbocycles.